The molecule has 1 N–H and O–H groups in total. The van der Waals surface area contributed by atoms with E-state index in [4.69, 9.17) is 0 Å². The van der Waals surface area contributed by atoms with Crippen LogP contribution in [0.4, 0.5) is 0 Å². The Balaban J connectivity index is 1.56. The third kappa shape index (κ3) is 2.87. The number of fused-ring (bicyclic) bond motifs is 1. The van der Waals surface area contributed by atoms with Gasteiger partial charge in [0.1, 0.15) is 0 Å². The lowest BCUT2D eigenvalue weighted by molar-refractivity contribution is -0.129. The molecule has 0 atom stereocenters. The molecule has 1 aliphatic heterocycles. The Morgan fingerprint density at radius 1 is 1.15 bits per heavy atom. The molecule has 1 aliphatic carbocycles. The fourth-order valence-corrected chi connectivity index (χ4v) is 4.09. The molecule has 1 saturated heterocycles. The van der Waals surface area contributed by atoms with Crippen LogP contribution in [0.2, 0.25) is 0 Å². The Hall–Kier alpha value is -1.36. The zero-order valence-corrected chi connectivity index (χ0v) is 12.4. The first-order valence-corrected chi connectivity index (χ1v) is 8.23. The van der Waals surface area contributed by atoms with E-state index >= 15 is 0 Å². The van der Waals surface area contributed by atoms with E-state index in [-0.39, 0.29) is 18.4 Å². The monoisotopic (exact) mass is 292 g/mol. The molecule has 108 valence electrons. The molecule has 2 heterocycles. The molecule has 4 nitrogen and oxygen atoms in total. The van der Waals surface area contributed by atoms with Gasteiger partial charge in [0.2, 0.25) is 5.91 Å². The first kappa shape index (κ1) is 13.6. The standard InChI is InChI=1S/C15H20N2O2S/c18-14(17-7-3-4-8-17)10-16-15(19)13-9-11-5-1-2-6-12(11)20-13/h9H,1-8,10H2,(H,16,19). The van der Waals surface area contributed by atoms with Gasteiger partial charge in [-0.1, -0.05) is 0 Å². The van der Waals surface area contributed by atoms with Crippen LogP contribution in [0.5, 0.6) is 0 Å². The molecule has 0 spiro atoms. The molecule has 5 heteroatoms. The molecule has 0 radical (unpaired) electrons. The molecule has 0 bridgehead atoms. The van der Waals surface area contributed by atoms with Gasteiger partial charge >= 0.3 is 0 Å². The minimum Gasteiger partial charge on any atom is -0.342 e. The minimum atomic E-state index is -0.100. The SMILES string of the molecule is O=C(NCC(=O)N1CCCC1)c1cc2c(s1)CCCC2. The van der Waals surface area contributed by atoms with Crippen LogP contribution in [0.1, 0.15) is 45.8 Å². The average Bonchev–Trinajstić information content (AvgIpc) is 3.12. The minimum absolute atomic E-state index is 0.0390. The van der Waals surface area contributed by atoms with Gasteiger partial charge < -0.3 is 10.2 Å². The van der Waals surface area contributed by atoms with Crippen LogP contribution < -0.4 is 5.32 Å². The summed E-state index contributed by atoms with van der Waals surface area (Å²) in [6.07, 6.45) is 6.79. The molecule has 1 aromatic heterocycles. The number of likely N-dealkylation sites (tertiary alicyclic amines) is 1. The van der Waals surface area contributed by atoms with Crippen LogP contribution in [-0.2, 0) is 17.6 Å². The molecular formula is C15H20N2O2S. The van der Waals surface area contributed by atoms with Gasteiger partial charge in [0.15, 0.2) is 0 Å². The van der Waals surface area contributed by atoms with Crippen molar-refractivity contribution in [2.45, 2.75) is 38.5 Å². The van der Waals surface area contributed by atoms with Crippen molar-refractivity contribution < 1.29 is 9.59 Å². The highest BCUT2D eigenvalue weighted by Gasteiger charge is 2.20. The lowest BCUT2D eigenvalue weighted by atomic mass is 9.99. The highest BCUT2D eigenvalue weighted by molar-refractivity contribution is 7.14. The number of nitrogens with zero attached hydrogens (tertiary/aromatic N) is 1. The van der Waals surface area contributed by atoms with E-state index in [0.717, 1.165) is 43.6 Å². The van der Waals surface area contributed by atoms with Crippen LogP contribution in [0.3, 0.4) is 0 Å². The molecule has 2 amide bonds. The third-order valence-electron chi connectivity index (χ3n) is 4.08. The molecule has 0 unspecified atom stereocenters. The molecule has 3 rings (SSSR count). The van der Waals surface area contributed by atoms with Crippen LogP contribution in [-0.4, -0.2) is 36.3 Å². The zero-order chi connectivity index (χ0) is 13.9. The first-order chi connectivity index (χ1) is 9.74. The van der Waals surface area contributed by atoms with E-state index in [9.17, 15) is 9.59 Å². The maximum absolute atomic E-state index is 12.1. The van der Waals surface area contributed by atoms with E-state index in [2.05, 4.69) is 5.32 Å². The third-order valence-corrected chi connectivity index (χ3v) is 5.32. The topological polar surface area (TPSA) is 49.4 Å². The number of hydrogen-bond donors (Lipinski definition) is 1. The lowest BCUT2D eigenvalue weighted by Gasteiger charge is -2.15. The van der Waals surface area contributed by atoms with Crippen LogP contribution in [0.25, 0.3) is 0 Å². The summed E-state index contributed by atoms with van der Waals surface area (Å²) in [6.45, 7) is 1.80. The quantitative estimate of drug-likeness (QED) is 0.926. The van der Waals surface area contributed by atoms with Crippen LogP contribution >= 0.6 is 11.3 Å². The van der Waals surface area contributed by atoms with Gasteiger partial charge in [-0.15, -0.1) is 11.3 Å². The van der Waals surface area contributed by atoms with E-state index < -0.39 is 0 Å². The van der Waals surface area contributed by atoms with Crippen molar-refractivity contribution in [2.24, 2.45) is 0 Å². The van der Waals surface area contributed by atoms with Crippen molar-refractivity contribution in [3.63, 3.8) is 0 Å². The number of hydrogen-bond acceptors (Lipinski definition) is 3. The second-order valence-corrected chi connectivity index (χ2v) is 6.67. The molecule has 1 aromatic rings. The van der Waals surface area contributed by atoms with Gasteiger partial charge in [-0.2, -0.15) is 0 Å². The lowest BCUT2D eigenvalue weighted by Crippen LogP contribution is -2.38. The number of amides is 2. The van der Waals surface area contributed by atoms with Gasteiger partial charge in [0, 0.05) is 18.0 Å². The first-order valence-electron chi connectivity index (χ1n) is 7.41. The highest BCUT2D eigenvalue weighted by Crippen LogP contribution is 2.29. The zero-order valence-electron chi connectivity index (χ0n) is 11.6. The molecule has 0 saturated carbocycles. The maximum Gasteiger partial charge on any atom is 0.261 e. The summed E-state index contributed by atoms with van der Waals surface area (Å²) in [4.78, 5) is 27.9. The number of thiophene rings is 1. The molecule has 2 aliphatic rings. The highest BCUT2D eigenvalue weighted by atomic mass is 32.1. The largest absolute Gasteiger partial charge is 0.342 e. The summed E-state index contributed by atoms with van der Waals surface area (Å²) in [7, 11) is 0. The van der Waals surface area contributed by atoms with Crippen molar-refractivity contribution >= 4 is 23.2 Å². The normalized spacial score (nSPS) is 17.9. The molecule has 1 fully saturated rings. The number of nitrogens with one attached hydrogen (secondary N) is 1. The Morgan fingerprint density at radius 2 is 1.90 bits per heavy atom. The van der Waals surface area contributed by atoms with Gasteiger partial charge in [-0.05, 0) is 50.2 Å². The Morgan fingerprint density at radius 3 is 2.65 bits per heavy atom. The van der Waals surface area contributed by atoms with Crippen molar-refractivity contribution in [1.29, 1.82) is 0 Å². The molecule has 0 aromatic carbocycles. The molecular weight excluding hydrogens is 272 g/mol. The second kappa shape index (κ2) is 5.95. The molecule has 20 heavy (non-hydrogen) atoms. The van der Waals surface area contributed by atoms with Gasteiger partial charge in [-0.25, -0.2) is 0 Å². The van der Waals surface area contributed by atoms with Gasteiger partial charge in [0.25, 0.3) is 5.91 Å². The fourth-order valence-electron chi connectivity index (χ4n) is 2.92. The smallest absolute Gasteiger partial charge is 0.261 e. The Kier molecular flexibility index (Phi) is 4.05. The summed E-state index contributed by atoms with van der Waals surface area (Å²) in [5, 5.41) is 2.77. The number of carbonyl (C=O) groups excluding carboxylic acids is 2. The van der Waals surface area contributed by atoms with Crippen LogP contribution in [0, 0.1) is 0 Å². The van der Waals surface area contributed by atoms with Crippen molar-refractivity contribution in [2.75, 3.05) is 19.6 Å². The van der Waals surface area contributed by atoms with Gasteiger partial charge in [0.05, 0.1) is 11.4 Å². The average molecular weight is 292 g/mol. The number of aryl methyl sites for hydroxylation is 2. The van der Waals surface area contributed by atoms with Crippen molar-refractivity contribution in [3.05, 3.63) is 21.4 Å². The van der Waals surface area contributed by atoms with Crippen molar-refractivity contribution in [1.82, 2.24) is 10.2 Å². The Labute approximate surface area is 123 Å². The van der Waals surface area contributed by atoms with Crippen molar-refractivity contribution in [3.8, 4) is 0 Å². The van der Waals surface area contributed by atoms with Crippen LogP contribution in [0.15, 0.2) is 6.07 Å². The second-order valence-electron chi connectivity index (χ2n) is 5.54. The predicted molar refractivity (Wildman–Crippen MR) is 79.1 cm³/mol. The summed E-state index contributed by atoms with van der Waals surface area (Å²) >= 11 is 1.59. The number of carbonyl (C=O) groups is 2. The predicted octanol–water partition coefficient (Wildman–Crippen LogP) is 1.98. The summed E-state index contributed by atoms with van der Waals surface area (Å²) in [6, 6.07) is 2.01. The summed E-state index contributed by atoms with van der Waals surface area (Å²) < 4.78 is 0. The summed E-state index contributed by atoms with van der Waals surface area (Å²) in [5.41, 5.74) is 1.33. The summed E-state index contributed by atoms with van der Waals surface area (Å²) in [5.74, 6) is -0.0610. The van der Waals surface area contributed by atoms with Gasteiger partial charge in [-0.3, -0.25) is 9.59 Å². The fraction of sp³-hybridized carbons (Fsp3) is 0.600. The maximum atomic E-state index is 12.1. The van der Waals surface area contributed by atoms with E-state index in [1.165, 1.54) is 23.3 Å². The Bertz CT molecular complexity index is 494. The number of rotatable bonds is 3. The van der Waals surface area contributed by atoms with E-state index in [1.807, 2.05) is 11.0 Å². The van der Waals surface area contributed by atoms with E-state index in [0.29, 0.717) is 0 Å². The van der Waals surface area contributed by atoms with E-state index in [1.54, 1.807) is 11.3 Å².